The molecule has 7 heteroatoms. The van der Waals surface area contributed by atoms with Gasteiger partial charge in [-0.15, -0.1) is 0 Å². The molecule has 152 valence electrons. The first-order valence-electron chi connectivity index (χ1n) is 9.94. The summed E-state index contributed by atoms with van der Waals surface area (Å²) >= 11 is 0. The number of nitrogens with zero attached hydrogens (tertiary/aromatic N) is 3. The number of nitrogens with one attached hydrogen (secondary N) is 1. The molecule has 1 atom stereocenters. The molecule has 1 saturated carbocycles. The van der Waals surface area contributed by atoms with Gasteiger partial charge in [-0.25, -0.2) is 9.97 Å². The van der Waals surface area contributed by atoms with Crippen molar-refractivity contribution in [3.63, 3.8) is 0 Å². The molecule has 1 N–H and O–H groups in total. The fourth-order valence-electron chi connectivity index (χ4n) is 3.41. The highest BCUT2D eigenvalue weighted by atomic mass is 16.5. The molecule has 1 aliphatic rings. The molecule has 1 aromatic carbocycles. The summed E-state index contributed by atoms with van der Waals surface area (Å²) in [5.41, 5.74) is 3.57. The Morgan fingerprint density at radius 3 is 2.90 bits per heavy atom. The maximum Gasteiger partial charge on any atom is 0.274 e. The second-order valence-electron chi connectivity index (χ2n) is 7.54. The van der Waals surface area contributed by atoms with Crippen molar-refractivity contribution >= 4 is 11.6 Å². The average Bonchev–Trinajstić information content (AvgIpc) is 3.47. The van der Waals surface area contributed by atoms with Gasteiger partial charge in [-0.2, -0.15) is 0 Å². The Bertz CT molecular complexity index is 1030. The topological polar surface area (TPSA) is 77.8 Å². The largest absolute Gasteiger partial charge is 0.491 e. The van der Waals surface area contributed by atoms with Crippen molar-refractivity contribution in [3.05, 3.63) is 48.0 Å². The van der Waals surface area contributed by atoms with E-state index in [4.69, 9.17) is 14.5 Å². The summed E-state index contributed by atoms with van der Waals surface area (Å²) < 4.78 is 12.6. The molecule has 0 aliphatic heterocycles. The highest BCUT2D eigenvalue weighted by molar-refractivity contribution is 5.98. The summed E-state index contributed by atoms with van der Waals surface area (Å²) in [6, 6.07) is 9.90. The third-order valence-electron chi connectivity index (χ3n) is 5.28. The molecule has 2 heterocycles. The number of carbonyl (C=O) groups is 1. The predicted octanol–water partition coefficient (Wildman–Crippen LogP) is 3.26. The molecule has 0 saturated heterocycles. The smallest absolute Gasteiger partial charge is 0.274 e. The van der Waals surface area contributed by atoms with Crippen molar-refractivity contribution in [2.45, 2.75) is 32.7 Å². The normalized spacial score (nSPS) is 14.7. The Kier molecular flexibility index (Phi) is 5.49. The highest BCUT2D eigenvalue weighted by Crippen LogP contribution is 2.32. The monoisotopic (exact) mass is 394 g/mol. The van der Waals surface area contributed by atoms with Crippen molar-refractivity contribution in [1.29, 1.82) is 0 Å². The second kappa shape index (κ2) is 8.21. The van der Waals surface area contributed by atoms with Gasteiger partial charge >= 0.3 is 0 Å². The van der Waals surface area contributed by atoms with Crippen LogP contribution in [0, 0.1) is 12.8 Å². The van der Waals surface area contributed by atoms with Crippen LogP contribution in [0.2, 0.25) is 0 Å². The number of rotatable bonds is 8. The standard InChI is InChI=1S/C22H26N4O3/c1-14-11-19(17-5-4-6-18(12-17)29-10-9-28-3)25-21-20(23-13-26(14)21)22(27)24-15(2)16-7-8-16/h4-6,11-13,15-16H,7-10H2,1-3H3,(H,24,27)/t15-/m0/s1. The molecular formula is C22H26N4O3. The lowest BCUT2D eigenvalue weighted by molar-refractivity contribution is 0.0933. The Hall–Kier alpha value is -2.93. The lowest BCUT2D eigenvalue weighted by Gasteiger charge is -2.12. The number of hydrogen-bond donors (Lipinski definition) is 1. The van der Waals surface area contributed by atoms with Crippen LogP contribution in [0.25, 0.3) is 16.9 Å². The lowest BCUT2D eigenvalue weighted by atomic mass is 10.1. The van der Waals surface area contributed by atoms with Gasteiger partial charge in [0.25, 0.3) is 5.91 Å². The maximum atomic E-state index is 12.8. The minimum atomic E-state index is -0.174. The molecule has 29 heavy (non-hydrogen) atoms. The van der Waals surface area contributed by atoms with E-state index >= 15 is 0 Å². The summed E-state index contributed by atoms with van der Waals surface area (Å²) in [7, 11) is 1.65. The number of hydrogen-bond acceptors (Lipinski definition) is 5. The van der Waals surface area contributed by atoms with Gasteiger partial charge in [0.15, 0.2) is 11.3 Å². The van der Waals surface area contributed by atoms with Crippen molar-refractivity contribution in [1.82, 2.24) is 19.7 Å². The number of imidazole rings is 1. The molecule has 0 bridgehead atoms. The second-order valence-corrected chi connectivity index (χ2v) is 7.54. The number of fused-ring (bicyclic) bond motifs is 1. The van der Waals surface area contributed by atoms with Gasteiger partial charge in [0.2, 0.25) is 0 Å². The molecule has 0 radical (unpaired) electrons. The van der Waals surface area contributed by atoms with E-state index in [-0.39, 0.29) is 11.9 Å². The molecular weight excluding hydrogens is 368 g/mol. The molecule has 7 nitrogen and oxygen atoms in total. The number of amides is 1. The molecule has 1 aliphatic carbocycles. The van der Waals surface area contributed by atoms with Crippen molar-refractivity contribution in [2.75, 3.05) is 20.3 Å². The summed E-state index contributed by atoms with van der Waals surface area (Å²) in [5.74, 6) is 1.16. The number of benzene rings is 1. The van der Waals surface area contributed by atoms with E-state index in [0.717, 1.165) is 22.7 Å². The minimum Gasteiger partial charge on any atom is -0.491 e. The van der Waals surface area contributed by atoms with Crippen LogP contribution in [0.3, 0.4) is 0 Å². The van der Waals surface area contributed by atoms with E-state index in [9.17, 15) is 4.79 Å². The number of ether oxygens (including phenoxy) is 2. The van der Waals surface area contributed by atoms with E-state index < -0.39 is 0 Å². The first-order chi connectivity index (χ1) is 14.1. The Labute approximate surface area is 170 Å². The molecule has 4 rings (SSSR count). The first kappa shape index (κ1) is 19.4. The quantitative estimate of drug-likeness (QED) is 0.594. The zero-order valence-corrected chi connectivity index (χ0v) is 17.0. The third-order valence-corrected chi connectivity index (χ3v) is 5.28. The lowest BCUT2D eigenvalue weighted by Crippen LogP contribution is -2.34. The van der Waals surface area contributed by atoms with Crippen molar-refractivity contribution < 1.29 is 14.3 Å². The first-order valence-corrected chi connectivity index (χ1v) is 9.94. The van der Waals surface area contributed by atoms with E-state index in [1.165, 1.54) is 12.8 Å². The third kappa shape index (κ3) is 4.24. The molecule has 0 unspecified atom stereocenters. The van der Waals surface area contributed by atoms with Gasteiger partial charge in [0.05, 0.1) is 12.3 Å². The molecule has 3 aromatic rings. The Balaban J connectivity index is 1.64. The van der Waals surface area contributed by atoms with Crippen LogP contribution < -0.4 is 10.1 Å². The highest BCUT2D eigenvalue weighted by Gasteiger charge is 2.30. The van der Waals surface area contributed by atoms with Crippen LogP contribution in [0.1, 0.15) is 35.9 Å². The predicted molar refractivity (Wildman–Crippen MR) is 110 cm³/mol. The van der Waals surface area contributed by atoms with Gasteiger partial charge in [0, 0.05) is 24.4 Å². The van der Waals surface area contributed by atoms with Crippen LogP contribution in [0.15, 0.2) is 36.7 Å². The summed E-state index contributed by atoms with van der Waals surface area (Å²) in [6.07, 6.45) is 4.01. The van der Waals surface area contributed by atoms with Gasteiger partial charge in [-0.1, -0.05) is 12.1 Å². The fourth-order valence-corrected chi connectivity index (χ4v) is 3.41. The minimum absolute atomic E-state index is 0.157. The van der Waals surface area contributed by atoms with Crippen LogP contribution in [-0.4, -0.2) is 46.6 Å². The van der Waals surface area contributed by atoms with Gasteiger partial charge in [-0.3, -0.25) is 9.20 Å². The molecule has 1 amide bonds. The Morgan fingerprint density at radius 2 is 2.14 bits per heavy atom. The number of methoxy groups -OCH3 is 1. The number of aryl methyl sites for hydroxylation is 1. The zero-order valence-electron chi connectivity index (χ0n) is 17.0. The van der Waals surface area contributed by atoms with Gasteiger partial charge in [0.1, 0.15) is 18.7 Å². The zero-order chi connectivity index (χ0) is 20.4. The maximum absolute atomic E-state index is 12.8. The summed E-state index contributed by atoms with van der Waals surface area (Å²) in [5, 5.41) is 3.07. The van der Waals surface area contributed by atoms with Crippen LogP contribution in [0.4, 0.5) is 0 Å². The van der Waals surface area contributed by atoms with Gasteiger partial charge < -0.3 is 14.8 Å². The number of carbonyl (C=O) groups excluding carboxylic acids is 1. The summed E-state index contributed by atoms with van der Waals surface area (Å²) in [6.45, 7) is 5.04. The van der Waals surface area contributed by atoms with E-state index in [0.29, 0.717) is 30.5 Å². The SMILES string of the molecule is COCCOc1cccc(-c2cc(C)n3cnc(C(=O)N[C@@H](C)C4CC4)c3n2)c1. The van der Waals surface area contributed by atoms with E-state index in [2.05, 4.69) is 10.3 Å². The van der Waals surface area contributed by atoms with Crippen LogP contribution in [-0.2, 0) is 4.74 Å². The molecule has 1 fully saturated rings. The molecule has 2 aromatic heterocycles. The Morgan fingerprint density at radius 1 is 1.31 bits per heavy atom. The average molecular weight is 394 g/mol. The van der Waals surface area contributed by atoms with Crippen LogP contribution >= 0.6 is 0 Å². The van der Waals surface area contributed by atoms with Gasteiger partial charge in [-0.05, 0) is 50.8 Å². The number of aromatic nitrogens is 3. The van der Waals surface area contributed by atoms with E-state index in [1.807, 2.05) is 48.6 Å². The van der Waals surface area contributed by atoms with E-state index in [1.54, 1.807) is 13.4 Å². The summed E-state index contributed by atoms with van der Waals surface area (Å²) in [4.78, 5) is 21.9. The molecule has 0 spiro atoms. The van der Waals surface area contributed by atoms with Crippen LogP contribution in [0.5, 0.6) is 5.75 Å². The fraction of sp³-hybridized carbons (Fsp3) is 0.409. The van der Waals surface area contributed by atoms with Crippen molar-refractivity contribution in [3.8, 4) is 17.0 Å². The van der Waals surface area contributed by atoms with Crippen molar-refractivity contribution in [2.24, 2.45) is 5.92 Å².